The average Bonchev–Trinajstić information content (AvgIpc) is 3.22. The van der Waals surface area contributed by atoms with Gasteiger partial charge in [-0.25, -0.2) is 9.50 Å². The van der Waals surface area contributed by atoms with E-state index in [1.807, 2.05) is 0 Å². The quantitative estimate of drug-likeness (QED) is 0.687. The topological polar surface area (TPSA) is 112 Å². The first-order valence-electron chi connectivity index (χ1n) is 8.71. The van der Waals surface area contributed by atoms with Crippen molar-refractivity contribution in [2.45, 2.75) is 25.3 Å². The van der Waals surface area contributed by atoms with Gasteiger partial charge in [0.25, 0.3) is 11.8 Å². The molecule has 3 aromatic rings. The summed E-state index contributed by atoms with van der Waals surface area (Å²) in [5, 5.41) is 7.06. The summed E-state index contributed by atoms with van der Waals surface area (Å²) in [5.74, 6) is -6.13. The zero-order valence-corrected chi connectivity index (χ0v) is 14.9. The highest BCUT2D eigenvalue weighted by Crippen LogP contribution is 2.36. The molecule has 4 rings (SSSR count). The normalized spacial score (nSPS) is 21.2. The number of nitrogens with zero attached hydrogens (tertiary/aromatic N) is 3. The highest BCUT2D eigenvalue weighted by molar-refractivity contribution is 6.03. The van der Waals surface area contributed by atoms with E-state index >= 15 is 0 Å². The third-order valence-corrected chi connectivity index (χ3v) is 5.02. The Balaban J connectivity index is 1.72. The van der Waals surface area contributed by atoms with Crippen molar-refractivity contribution < 1.29 is 23.1 Å². The number of nitrogens with two attached hydrogens (primary N) is 1. The molecule has 2 amide bonds. The van der Waals surface area contributed by atoms with E-state index in [0.717, 1.165) is 0 Å². The van der Waals surface area contributed by atoms with E-state index in [-0.39, 0.29) is 24.2 Å². The number of rotatable bonds is 5. The Kier molecular flexibility index (Phi) is 4.13. The number of primary amides is 1. The summed E-state index contributed by atoms with van der Waals surface area (Å²) in [5.41, 5.74) is 6.41. The minimum atomic E-state index is -3.42. The van der Waals surface area contributed by atoms with Gasteiger partial charge >= 0.3 is 5.92 Å². The van der Waals surface area contributed by atoms with Crippen molar-refractivity contribution in [3.05, 3.63) is 36.2 Å². The average molecular weight is 389 g/mol. The van der Waals surface area contributed by atoms with Gasteiger partial charge in [0.15, 0.2) is 5.65 Å². The van der Waals surface area contributed by atoms with Gasteiger partial charge in [0.05, 0.1) is 17.5 Å². The third-order valence-electron chi connectivity index (χ3n) is 5.02. The van der Waals surface area contributed by atoms with Crippen molar-refractivity contribution in [3.63, 3.8) is 0 Å². The van der Waals surface area contributed by atoms with Gasteiger partial charge in [-0.1, -0.05) is 19.1 Å². The highest BCUT2D eigenvalue weighted by Gasteiger charge is 2.56. The summed E-state index contributed by atoms with van der Waals surface area (Å²) in [6, 6.07) is 5.86. The number of aromatic nitrogens is 3. The molecule has 3 N–H and O–H groups in total. The van der Waals surface area contributed by atoms with E-state index in [0.29, 0.717) is 16.7 Å². The Hall–Kier alpha value is -3.30. The number of nitrogens with one attached hydrogen (secondary N) is 1. The van der Waals surface area contributed by atoms with Gasteiger partial charge in [-0.2, -0.15) is 13.9 Å². The number of carbonyl (C=O) groups excluding carboxylic acids is 2. The molecule has 1 saturated heterocycles. The van der Waals surface area contributed by atoms with Crippen molar-refractivity contribution in [3.8, 4) is 5.75 Å². The van der Waals surface area contributed by atoms with Crippen LogP contribution in [0.3, 0.4) is 0 Å². The molecule has 28 heavy (non-hydrogen) atoms. The second-order valence-corrected chi connectivity index (χ2v) is 6.64. The zero-order chi connectivity index (χ0) is 20.1. The second kappa shape index (κ2) is 6.39. The maximum absolute atomic E-state index is 14.0. The molecule has 10 heteroatoms. The van der Waals surface area contributed by atoms with E-state index in [2.05, 4.69) is 15.4 Å². The van der Waals surface area contributed by atoms with Crippen LogP contribution in [-0.2, 0) is 4.79 Å². The third kappa shape index (κ3) is 2.63. The lowest BCUT2D eigenvalue weighted by Crippen LogP contribution is -2.35. The summed E-state index contributed by atoms with van der Waals surface area (Å²) < 4.78 is 35.2. The van der Waals surface area contributed by atoms with Crippen LogP contribution >= 0.6 is 0 Å². The van der Waals surface area contributed by atoms with Gasteiger partial charge in [-0.05, 0) is 18.6 Å². The van der Waals surface area contributed by atoms with E-state index in [1.165, 1.54) is 10.8 Å². The van der Waals surface area contributed by atoms with E-state index in [9.17, 15) is 18.4 Å². The Morgan fingerprint density at radius 2 is 2.21 bits per heavy atom. The Bertz CT molecular complexity index is 1100. The maximum atomic E-state index is 14.0. The van der Waals surface area contributed by atoms with Crippen molar-refractivity contribution >= 4 is 28.4 Å². The number of halogens is 2. The fourth-order valence-corrected chi connectivity index (χ4v) is 3.65. The molecule has 1 fully saturated rings. The van der Waals surface area contributed by atoms with Crippen molar-refractivity contribution in [2.75, 3.05) is 6.61 Å². The molecule has 1 aliphatic rings. The van der Waals surface area contributed by atoms with Crippen LogP contribution in [0.15, 0.2) is 30.6 Å². The lowest BCUT2D eigenvalue weighted by molar-refractivity contribution is -0.144. The summed E-state index contributed by atoms with van der Waals surface area (Å²) in [7, 11) is 0. The van der Waals surface area contributed by atoms with Gasteiger partial charge < -0.3 is 15.8 Å². The fourth-order valence-electron chi connectivity index (χ4n) is 3.65. The lowest BCUT2D eigenvalue weighted by atomic mass is 9.95. The number of alkyl halides is 2. The molecular weight excluding hydrogens is 372 g/mol. The van der Waals surface area contributed by atoms with Gasteiger partial charge in [0.2, 0.25) is 0 Å². The van der Waals surface area contributed by atoms with Crippen LogP contribution in [0.2, 0.25) is 0 Å². The Morgan fingerprint density at radius 1 is 1.43 bits per heavy atom. The Labute approximate surface area is 157 Å². The van der Waals surface area contributed by atoms with Crippen molar-refractivity contribution in [2.24, 2.45) is 11.7 Å². The van der Waals surface area contributed by atoms with Gasteiger partial charge in [0.1, 0.15) is 24.2 Å². The molecule has 1 aliphatic heterocycles. The van der Waals surface area contributed by atoms with Crippen LogP contribution in [0.1, 0.15) is 23.7 Å². The first-order chi connectivity index (χ1) is 13.3. The van der Waals surface area contributed by atoms with Crippen molar-refractivity contribution in [1.29, 1.82) is 0 Å². The highest BCUT2D eigenvalue weighted by atomic mass is 19.3. The first kappa shape index (κ1) is 18.1. The summed E-state index contributed by atoms with van der Waals surface area (Å²) >= 11 is 0. The van der Waals surface area contributed by atoms with Crippen LogP contribution in [0.5, 0.6) is 5.75 Å². The smallest absolute Gasteiger partial charge is 0.329 e. The van der Waals surface area contributed by atoms with Crippen LogP contribution in [0.4, 0.5) is 8.78 Å². The van der Waals surface area contributed by atoms with Gasteiger partial charge in [-0.15, -0.1) is 0 Å². The molecule has 3 heterocycles. The molecule has 0 bridgehead atoms. The Morgan fingerprint density at radius 3 is 2.93 bits per heavy atom. The lowest BCUT2D eigenvalue weighted by Gasteiger charge is -2.21. The molecule has 0 spiro atoms. The molecule has 2 atom stereocenters. The molecule has 0 aliphatic carbocycles. The maximum Gasteiger partial charge on any atom is 0.329 e. The van der Waals surface area contributed by atoms with Gasteiger partial charge in [-0.3, -0.25) is 9.59 Å². The van der Waals surface area contributed by atoms with Crippen LogP contribution in [-0.4, -0.2) is 45.0 Å². The largest absolute Gasteiger partial charge is 0.489 e. The van der Waals surface area contributed by atoms with E-state index in [4.69, 9.17) is 10.5 Å². The molecule has 0 unspecified atom stereocenters. The molecular formula is C18H17F2N5O3. The van der Waals surface area contributed by atoms with Gasteiger partial charge in [0, 0.05) is 5.39 Å². The van der Waals surface area contributed by atoms with Crippen LogP contribution < -0.4 is 15.8 Å². The number of benzene rings is 1. The number of carbonyl (C=O) groups is 2. The predicted octanol–water partition coefficient (Wildman–Crippen LogP) is 1.52. The molecule has 146 valence electrons. The number of ether oxygens (including phenoxy) is 1. The number of para-hydroxylation sites is 1. The van der Waals surface area contributed by atoms with Crippen LogP contribution in [0.25, 0.3) is 16.6 Å². The zero-order valence-electron chi connectivity index (χ0n) is 14.9. The number of fused-ring (bicyclic) bond motifs is 3. The SMILES string of the molecule is CC[C@H]1[C@@H](COc2cccc3cc(C(N)=O)c4ncnn4c23)NC(=O)C1(F)F. The van der Waals surface area contributed by atoms with E-state index in [1.54, 1.807) is 31.2 Å². The second-order valence-electron chi connectivity index (χ2n) is 6.64. The minimum Gasteiger partial charge on any atom is -0.489 e. The number of hydrogen-bond acceptors (Lipinski definition) is 5. The molecule has 8 nitrogen and oxygen atoms in total. The first-order valence-corrected chi connectivity index (χ1v) is 8.71. The summed E-state index contributed by atoms with van der Waals surface area (Å²) in [6.45, 7) is 1.47. The number of amides is 2. The van der Waals surface area contributed by atoms with Crippen LogP contribution in [0, 0.1) is 5.92 Å². The molecule has 1 aromatic carbocycles. The predicted molar refractivity (Wildman–Crippen MR) is 95.2 cm³/mol. The molecule has 2 aromatic heterocycles. The number of pyridine rings is 1. The monoisotopic (exact) mass is 389 g/mol. The summed E-state index contributed by atoms with van der Waals surface area (Å²) in [6.07, 6.45) is 1.41. The van der Waals surface area contributed by atoms with Crippen molar-refractivity contribution in [1.82, 2.24) is 19.9 Å². The fraction of sp³-hybridized carbons (Fsp3) is 0.333. The molecule has 0 radical (unpaired) electrons. The molecule has 0 saturated carbocycles. The number of hydrogen-bond donors (Lipinski definition) is 2. The standard InChI is InChI=1S/C18H17F2N5O3/c1-2-11-12(24-17(27)18(11,19)20)7-28-13-5-3-4-9-6-10(15(21)26)16-22-8-23-25(16)14(9)13/h3-6,8,11-12H,2,7H2,1H3,(H2,21,26)(H,24,27)/t11-,12+/m0/s1. The minimum absolute atomic E-state index is 0.130. The van der Waals surface area contributed by atoms with E-state index < -0.39 is 29.7 Å². The summed E-state index contributed by atoms with van der Waals surface area (Å²) in [4.78, 5) is 27.3.